The lowest BCUT2D eigenvalue weighted by Gasteiger charge is -2.11. The molecule has 31 heavy (non-hydrogen) atoms. The van der Waals surface area contributed by atoms with E-state index in [0.29, 0.717) is 18.1 Å². The molecule has 0 bridgehead atoms. The molecule has 0 unspecified atom stereocenters. The van der Waals surface area contributed by atoms with Crippen molar-refractivity contribution in [2.45, 2.75) is 18.1 Å². The van der Waals surface area contributed by atoms with Crippen LogP contribution < -0.4 is 10.1 Å². The molecule has 4 aromatic rings. The van der Waals surface area contributed by atoms with Crippen LogP contribution in [0.15, 0.2) is 77.3 Å². The first-order chi connectivity index (χ1) is 15.2. The van der Waals surface area contributed by atoms with Gasteiger partial charge in [-0.05, 0) is 29.6 Å². The molecule has 1 amide bonds. The number of aromatic nitrogens is 3. The Bertz CT molecular complexity index is 1130. The zero-order chi connectivity index (χ0) is 21.5. The number of rotatable bonds is 9. The quantitative estimate of drug-likeness (QED) is 0.384. The fraction of sp³-hybridized carbons (Fsp3) is 0.174. The molecule has 6 nitrogen and oxygen atoms in total. The fourth-order valence-electron chi connectivity index (χ4n) is 3.14. The van der Waals surface area contributed by atoms with E-state index in [1.807, 2.05) is 65.2 Å². The number of carbonyl (C=O) groups excluding carboxylic acids is 1. The van der Waals surface area contributed by atoms with Crippen LogP contribution >= 0.6 is 23.1 Å². The van der Waals surface area contributed by atoms with Crippen molar-refractivity contribution in [1.29, 1.82) is 0 Å². The summed E-state index contributed by atoms with van der Waals surface area (Å²) < 4.78 is 7.37. The lowest BCUT2D eigenvalue weighted by Crippen LogP contribution is -2.25. The summed E-state index contributed by atoms with van der Waals surface area (Å²) in [7, 11) is 1.63. The lowest BCUT2D eigenvalue weighted by atomic mass is 10.2. The van der Waals surface area contributed by atoms with Gasteiger partial charge in [0.05, 0.1) is 12.9 Å². The molecule has 0 atom stereocenters. The van der Waals surface area contributed by atoms with Crippen molar-refractivity contribution in [3.63, 3.8) is 0 Å². The Labute approximate surface area is 189 Å². The van der Waals surface area contributed by atoms with Gasteiger partial charge in [-0.1, -0.05) is 54.2 Å². The molecule has 0 spiro atoms. The molecule has 0 fully saturated rings. The monoisotopic (exact) mass is 450 g/mol. The Balaban J connectivity index is 1.45. The normalized spacial score (nSPS) is 10.7. The van der Waals surface area contributed by atoms with Crippen LogP contribution in [-0.2, 0) is 17.8 Å². The highest BCUT2D eigenvalue weighted by Gasteiger charge is 2.16. The summed E-state index contributed by atoms with van der Waals surface area (Å²) in [5.41, 5.74) is 1.92. The summed E-state index contributed by atoms with van der Waals surface area (Å²) in [6.07, 6.45) is 0.695. The van der Waals surface area contributed by atoms with E-state index < -0.39 is 0 Å². The first-order valence-corrected chi connectivity index (χ1v) is 11.6. The number of nitrogens with zero attached hydrogens (tertiary/aromatic N) is 3. The van der Waals surface area contributed by atoms with Gasteiger partial charge in [0.2, 0.25) is 5.91 Å². The number of thioether (sulfide) groups is 1. The maximum atomic E-state index is 12.5. The molecule has 0 saturated carbocycles. The molecular formula is C23H22N4O2S2. The van der Waals surface area contributed by atoms with Crippen LogP contribution in [0.5, 0.6) is 5.75 Å². The third-order valence-electron chi connectivity index (χ3n) is 4.63. The SMILES string of the molecule is COc1ccccc1CNC(=O)CSc1nnc(Cc2cccs2)n1-c1ccccc1. The number of hydrogen-bond donors (Lipinski definition) is 1. The standard InChI is InChI=1S/C23H22N4O2S2/c1-29-20-12-6-5-8-17(20)15-24-22(28)16-31-23-26-25-21(14-19-11-7-13-30-19)27(23)18-9-3-2-4-10-18/h2-13H,14-16H2,1H3,(H,24,28). The molecule has 2 aromatic carbocycles. The Morgan fingerprint density at radius 2 is 1.87 bits per heavy atom. The van der Waals surface area contributed by atoms with Crippen LogP contribution in [0.4, 0.5) is 0 Å². The molecule has 0 aliphatic carbocycles. The van der Waals surface area contributed by atoms with Gasteiger partial charge in [0, 0.05) is 29.1 Å². The zero-order valence-corrected chi connectivity index (χ0v) is 18.7. The molecule has 0 aliphatic heterocycles. The minimum absolute atomic E-state index is 0.0710. The Morgan fingerprint density at radius 3 is 2.65 bits per heavy atom. The van der Waals surface area contributed by atoms with Crippen molar-refractivity contribution in [3.8, 4) is 11.4 Å². The first kappa shape index (κ1) is 21.1. The third kappa shape index (κ3) is 5.34. The highest BCUT2D eigenvalue weighted by atomic mass is 32.2. The van der Waals surface area contributed by atoms with Crippen LogP contribution in [0.25, 0.3) is 5.69 Å². The number of nitrogens with one attached hydrogen (secondary N) is 1. The van der Waals surface area contributed by atoms with E-state index in [-0.39, 0.29) is 11.7 Å². The highest BCUT2D eigenvalue weighted by Crippen LogP contribution is 2.24. The third-order valence-corrected chi connectivity index (χ3v) is 6.43. The zero-order valence-electron chi connectivity index (χ0n) is 17.0. The largest absolute Gasteiger partial charge is 0.496 e. The summed E-state index contributed by atoms with van der Waals surface area (Å²) in [4.78, 5) is 13.7. The summed E-state index contributed by atoms with van der Waals surface area (Å²) in [5, 5.41) is 14.5. The van der Waals surface area contributed by atoms with E-state index in [2.05, 4.69) is 27.0 Å². The van der Waals surface area contributed by atoms with Crippen LogP contribution in [0.1, 0.15) is 16.3 Å². The first-order valence-electron chi connectivity index (χ1n) is 9.78. The summed E-state index contributed by atoms with van der Waals surface area (Å²) in [5.74, 6) is 1.79. The van der Waals surface area contributed by atoms with E-state index in [1.165, 1.54) is 16.6 Å². The van der Waals surface area contributed by atoms with Crippen molar-refractivity contribution in [1.82, 2.24) is 20.1 Å². The van der Waals surface area contributed by atoms with Gasteiger partial charge in [-0.2, -0.15) is 0 Å². The molecule has 2 aromatic heterocycles. The number of thiophene rings is 1. The van der Waals surface area contributed by atoms with Gasteiger partial charge in [-0.15, -0.1) is 21.5 Å². The Kier molecular flexibility index (Phi) is 7.01. The Hall–Kier alpha value is -3.10. The highest BCUT2D eigenvalue weighted by molar-refractivity contribution is 7.99. The molecule has 158 valence electrons. The summed E-state index contributed by atoms with van der Waals surface area (Å²) in [6.45, 7) is 0.415. The van der Waals surface area contributed by atoms with Crippen molar-refractivity contribution in [2.75, 3.05) is 12.9 Å². The van der Waals surface area contributed by atoms with Crippen molar-refractivity contribution >= 4 is 29.0 Å². The number of hydrogen-bond acceptors (Lipinski definition) is 6. The minimum atomic E-state index is -0.0710. The topological polar surface area (TPSA) is 69.0 Å². The molecule has 0 aliphatic rings. The smallest absolute Gasteiger partial charge is 0.230 e. The number of methoxy groups -OCH3 is 1. The molecular weight excluding hydrogens is 428 g/mol. The molecule has 1 N–H and O–H groups in total. The number of amides is 1. The van der Waals surface area contributed by atoms with Crippen molar-refractivity contribution in [2.24, 2.45) is 0 Å². The Morgan fingerprint density at radius 1 is 1.06 bits per heavy atom. The average molecular weight is 451 g/mol. The summed E-state index contributed by atoms with van der Waals surface area (Å²) in [6, 6.07) is 21.8. The summed E-state index contributed by atoms with van der Waals surface area (Å²) >= 11 is 3.07. The van der Waals surface area contributed by atoms with Crippen LogP contribution in [0, 0.1) is 0 Å². The van der Waals surface area contributed by atoms with E-state index in [4.69, 9.17) is 4.74 Å². The lowest BCUT2D eigenvalue weighted by molar-refractivity contribution is -0.118. The molecule has 0 saturated heterocycles. The van der Waals surface area contributed by atoms with Crippen molar-refractivity contribution in [3.05, 3.63) is 88.4 Å². The van der Waals surface area contributed by atoms with Gasteiger partial charge in [0.25, 0.3) is 0 Å². The fourth-order valence-corrected chi connectivity index (χ4v) is 4.64. The van der Waals surface area contributed by atoms with Gasteiger partial charge in [-0.3, -0.25) is 9.36 Å². The number of para-hydroxylation sites is 2. The van der Waals surface area contributed by atoms with E-state index >= 15 is 0 Å². The maximum Gasteiger partial charge on any atom is 0.230 e. The van der Waals surface area contributed by atoms with Crippen LogP contribution in [0.3, 0.4) is 0 Å². The number of carbonyl (C=O) groups is 1. The minimum Gasteiger partial charge on any atom is -0.496 e. The van der Waals surface area contributed by atoms with Crippen molar-refractivity contribution < 1.29 is 9.53 Å². The van der Waals surface area contributed by atoms with Crippen LogP contribution in [0.2, 0.25) is 0 Å². The average Bonchev–Trinajstić information content (AvgIpc) is 3.47. The van der Waals surface area contributed by atoms with Gasteiger partial charge in [0.1, 0.15) is 11.6 Å². The maximum absolute atomic E-state index is 12.5. The molecule has 2 heterocycles. The number of benzene rings is 2. The second-order valence-electron chi connectivity index (χ2n) is 6.70. The van der Waals surface area contributed by atoms with Gasteiger partial charge < -0.3 is 10.1 Å². The van der Waals surface area contributed by atoms with E-state index in [1.54, 1.807) is 18.4 Å². The molecule has 0 radical (unpaired) electrons. The molecule has 8 heteroatoms. The van der Waals surface area contributed by atoms with Gasteiger partial charge in [0.15, 0.2) is 5.16 Å². The van der Waals surface area contributed by atoms with Gasteiger partial charge >= 0.3 is 0 Å². The van der Waals surface area contributed by atoms with Gasteiger partial charge in [-0.25, -0.2) is 0 Å². The van der Waals surface area contributed by atoms with Crippen LogP contribution in [-0.4, -0.2) is 33.5 Å². The second kappa shape index (κ2) is 10.3. The van der Waals surface area contributed by atoms with E-state index in [9.17, 15) is 4.79 Å². The molecule has 4 rings (SSSR count). The predicted octanol–water partition coefficient (Wildman–Crippen LogP) is 4.34. The second-order valence-corrected chi connectivity index (χ2v) is 8.68. The number of ether oxygens (including phenoxy) is 1. The predicted molar refractivity (Wildman–Crippen MR) is 124 cm³/mol. The van der Waals surface area contributed by atoms with E-state index in [0.717, 1.165) is 22.8 Å².